The molecule has 1 unspecified atom stereocenters. The standard InChI is InChI=1S/C16H28N2O6S/c1-18(2)13(11-17-25(19,20)8-7-21-3)12-9-14(22-4)16(24-6)15(10-12)23-5/h9-10,13,17H,7-8,11H2,1-6H3. The van der Waals surface area contributed by atoms with Crippen LogP contribution in [0.15, 0.2) is 12.1 Å². The minimum Gasteiger partial charge on any atom is -0.493 e. The van der Waals surface area contributed by atoms with E-state index in [1.807, 2.05) is 31.1 Å². The molecular weight excluding hydrogens is 348 g/mol. The van der Waals surface area contributed by atoms with Gasteiger partial charge in [-0.3, -0.25) is 0 Å². The average Bonchev–Trinajstić information content (AvgIpc) is 2.58. The quantitative estimate of drug-likeness (QED) is 0.613. The molecule has 0 amide bonds. The SMILES string of the molecule is COCCS(=O)(=O)NCC(c1cc(OC)c(OC)c(OC)c1)N(C)C. The Kier molecular flexibility index (Phi) is 8.43. The summed E-state index contributed by atoms with van der Waals surface area (Å²) in [6, 6.07) is 3.41. The maximum absolute atomic E-state index is 12.0. The number of rotatable bonds is 11. The van der Waals surface area contributed by atoms with Crippen molar-refractivity contribution < 1.29 is 27.4 Å². The van der Waals surface area contributed by atoms with Gasteiger partial charge < -0.3 is 23.8 Å². The van der Waals surface area contributed by atoms with Crippen molar-refractivity contribution in [2.75, 3.05) is 61.4 Å². The summed E-state index contributed by atoms with van der Waals surface area (Å²) < 4.78 is 47.5. The summed E-state index contributed by atoms with van der Waals surface area (Å²) in [6.45, 7) is 0.351. The number of sulfonamides is 1. The fourth-order valence-corrected chi connectivity index (χ4v) is 3.31. The molecule has 0 saturated heterocycles. The summed E-state index contributed by atoms with van der Waals surface area (Å²) >= 11 is 0. The second-order valence-corrected chi connectivity index (χ2v) is 7.52. The van der Waals surface area contributed by atoms with Gasteiger partial charge in [-0.05, 0) is 31.8 Å². The second-order valence-electron chi connectivity index (χ2n) is 5.60. The van der Waals surface area contributed by atoms with E-state index in [4.69, 9.17) is 18.9 Å². The summed E-state index contributed by atoms with van der Waals surface area (Å²) in [5.74, 6) is 1.45. The van der Waals surface area contributed by atoms with Crippen LogP contribution in [0.3, 0.4) is 0 Å². The number of likely N-dealkylation sites (N-methyl/N-ethyl adjacent to an activating group) is 1. The second kappa shape index (κ2) is 9.81. The molecular formula is C16H28N2O6S. The lowest BCUT2D eigenvalue weighted by Gasteiger charge is -2.26. The Morgan fingerprint density at radius 1 is 1.04 bits per heavy atom. The molecule has 1 aromatic carbocycles. The van der Waals surface area contributed by atoms with Crippen LogP contribution in [-0.4, -0.2) is 74.8 Å². The van der Waals surface area contributed by atoms with E-state index in [0.717, 1.165) is 5.56 Å². The lowest BCUT2D eigenvalue weighted by Crippen LogP contribution is -2.36. The van der Waals surface area contributed by atoms with Gasteiger partial charge in [0.05, 0.1) is 33.7 Å². The largest absolute Gasteiger partial charge is 0.493 e. The molecule has 1 N–H and O–H groups in total. The predicted molar refractivity (Wildman–Crippen MR) is 96.2 cm³/mol. The number of ether oxygens (including phenoxy) is 4. The fraction of sp³-hybridized carbons (Fsp3) is 0.625. The fourth-order valence-electron chi connectivity index (χ4n) is 2.36. The van der Waals surface area contributed by atoms with E-state index in [-0.39, 0.29) is 24.9 Å². The van der Waals surface area contributed by atoms with Gasteiger partial charge in [-0.2, -0.15) is 0 Å². The molecule has 0 aliphatic rings. The zero-order valence-corrected chi connectivity index (χ0v) is 16.5. The van der Waals surface area contributed by atoms with Gasteiger partial charge >= 0.3 is 0 Å². The Morgan fingerprint density at radius 3 is 2.00 bits per heavy atom. The van der Waals surface area contributed by atoms with Crippen LogP contribution in [0.1, 0.15) is 11.6 Å². The van der Waals surface area contributed by atoms with E-state index < -0.39 is 10.0 Å². The molecule has 0 bridgehead atoms. The van der Waals surface area contributed by atoms with Crippen LogP contribution in [-0.2, 0) is 14.8 Å². The summed E-state index contributed by atoms with van der Waals surface area (Å²) in [7, 11) is 6.41. The van der Waals surface area contributed by atoms with Crippen LogP contribution in [0, 0.1) is 0 Å². The molecule has 0 aliphatic heterocycles. The minimum absolute atomic E-state index is 0.0844. The Bertz CT molecular complexity index is 623. The van der Waals surface area contributed by atoms with Crippen molar-refractivity contribution in [1.82, 2.24) is 9.62 Å². The van der Waals surface area contributed by atoms with Gasteiger partial charge in [0.2, 0.25) is 15.8 Å². The van der Waals surface area contributed by atoms with E-state index in [0.29, 0.717) is 17.2 Å². The summed E-state index contributed by atoms with van der Waals surface area (Å²) in [4.78, 5) is 1.92. The number of nitrogens with one attached hydrogen (secondary N) is 1. The summed E-state index contributed by atoms with van der Waals surface area (Å²) in [6.07, 6.45) is 0. The van der Waals surface area contributed by atoms with Crippen LogP contribution >= 0.6 is 0 Å². The summed E-state index contributed by atoms with van der Waals surface area (Å²) in [5, 5.41) is 0. The molecule has 1 aromatic rings. The topological polar surface area (TPSA) is 86.3 Å². The number of methoxy groups -OCH3 is 4. The van der Waals surface area contributed by atoms with Gasteiger partial charge in [-0.15, -0.1) is 0 Å². The Labute approximate surface area is 150 Å². The van der Waals surface area contributed by atoms with Gasteiger partial charge in [-0.1, -0.05) is 0 Å². The van der Waals surface area contributed by atoms with Crippen LogP contribution in [0.4, 0.5) is 0 Å². The van der Waals surface area contributed by atoms with Gasteiger partial charge in [0.1, 0.15) is 0 Å². The molecule has 144 valence electrons. The lowest BCUT2D eigenvalue weighted by atomic mass is 10.0. The minimum atomic E-state index is -3.41. The highest BCUT2D eigenvalue weighted by molar-refractivity contribution is 7.89. The van der Waals surface area contributed by atoms with Crippen molar-refractivity contribution in [2.24, 2.45) is 0 Å². The van der Waals surface area contributed by atoms with Crippen LogP contribution < -0.4 is 18.9 Å². The number of nitrogens with zero attached hydrogens (tertiary/aromatic N) is 1. The first-order chi connectivity index (χ1) is 11.8. The van der Waals surface area contributed by atoms with Crippen LogP contribution in [0.25, 0.3) is 0 Å². The van der Waals surface area contributed by atoms with E-state index in [2.05, 4.69) is 4.72 Å². The molecule has 1 atom stereocenters. The molecule has 0 aromatic heterocycles. The molecule has 0 saturated carbocycles. The smallest absolute Gasteiger partial charge is 0.213 e. The van der Waals surface area contributed by atoms with E-state index in [1.54, 1.807) is 14.2 Å². The number of hydrogen-bond acceptors (Lipinski definition) is 7. The lowest BCUT2D eigenvalue weighted by molar-refractivity contribution is 0.216. The normalized spacial score (nSPS) is 12.9. The van der Waals surface area contributed by atoms with E-state index in [1.165, 1.54) is 14.2 Å². The molecule has 8 nitrogen and oxygen atoms in total. The Hall–Kier alpha value is -1.55. The van der Waals surface area contributed by atoms with Crippen molar-refractivity contribution in [2.45, 2.75) is 6.04 Å². The highest BCUT2D eigenvalue weighted by atomic mass is 32.2. The number of benzene rings is 1. The summed E-state index contributed by atoms with van der Waals surface area (Å²) in [5.41, 5.74) is 0.842. The third-order valence-electron chi connectivity index (χ3n) is 3.75. The molecule has 25 heavy (non-hydrogen) atoms. The number of hydrogen-bond donors (Lipinski definition) is 1. The molecule has 1 rings (SSSR count). The third-order valence-corrected chi connectivity index (χ3v) is 5.06. The monoisotopic (exact) mass is 376 g/mol. The molecule has 9 heteroatoms. The highest BCUT2D eigenvalue weighted by Gasteiger charge is 2.22. The Balaban J connectivity index is 3.10. The Morgan fingerprint density at radius 2 is 1.60 bits per heavy atom. The maximum Gasteiger partial charge on any atom is 0.213 e. The molecule has 0 radical (unpaired) electrons. The molecule has 0 heterocycles. The van der Waals surface area contributed by atoms with E-state index in [9.17, 15) is 8.42 Å². The van der Waals surface area contributed by atoms with Crippen molar-refractivity contribution in [1.29, 1.82) is 0 Å². The third kappa shape index (κ3) is 6.03. The first kappa shape index (κ1) is 21.5. The van der Waals surface area contributed by atoms with Crippen molar-refractivity contribution in [3.8, 4) is 17.2 Å². The zero-order chi connectivity index (χ0) is 19.0. The van der Waals surface area contributed by atoms with Crippen molar-refractivity contribution in [3.05, 3.63) is 17.7 Å². The van der Waals surface area contributed by atoms with Crippen molar-refractivity contribution >= 4 is 10.0 Å². The van der Waals surface area contributed by atoms with Crippen LogP contribution in [0.5, 0.6) is 17.2 Å². The maximum atomic E-state index is 12.0. The van der Waals surface area contributed by atoms with Gasteiger partial charge in [0, 0.05) is 19.7 Å². The van der Waals surface area contributed by atoms with Gasteiger partial charge in [0.15, 0.2) is 11.5 Å². The first-order valence-corrected chi connectivity index (χ1v) is 9.37. The average molecular weight is 376 g/mol. The zero-order valence-electron chi connectivity index (χ0n) is 15.7. The van der Waals surface area contributed by atoms with E-state index >= 15 is 0 Å². The highest BCUT2D eigenvalue weighted by Crippen LogP contribution is 2.40. The predicted octanol–water partition coefficient (Wildman–Crippen LogP) is 0.881. The van der Waals surface area contributed by atoms with Crippen LogP contribution in [0.2, 0.25) is 0 Å². The first-order valence-electron chi connectivity index (χ1n) is 7.72. The molecule has 0 fully saturated rings. The van der Waals surface area contributed by atoms with Gasteiger partial charge in [0.25, 0.3) is 0 Å². The molecule has 0 aliphatic carbocycles. The van der Waals surface area contributed by atoms with Crippen molar-refractivity contribution in [3.63, 3.8) is 0 Å². The molecule has 0 spiro atoms. The van der Waals surface area contributed by atoms with Gasteiger partial charge in [-0.25, -0.2) is 13.1 Å².